The van der Waals surface area contributed by atoms with Crippen molar-refractivity contribution in [2.75, 3.05) is 37.6 Å². The average molecular weight is 550 g/mol. The number of benzene rings is 3. The van der Waals surface area contributed by atoms with Crippen LogP contribution < -0.4 is 29.7 Å². The van der Waals surface area contributed by atoms with E-state index < -0.39 is 11.8 Å². The smallest absolute Gasteiger partial charge is 0.283 e. The minimum atomic E-state index is -0.626. The number of anilines is 2. The molecular formula is C29H28ClN3O6. The van der Waals surface area contributed by atoms with E-state index in [4.69, 9.17) is 25.8 Å². The molecule has 10 heteroatoms. The quantitative estimate of drug-likeness (QED) is 0.339. The van der Waals surface area contributed by atoms with Gasteiger partial charge in [0.1, 0.15) is 16.5 Å². The summed E-state index contributed by atoms with van der Waals surface area (Å²) in [4.78, 5) is 39.3. The van der Waals surface area contributed by atoms with E-state index >= 15 is 0 Å². The Labute approximate surface area is 231 Å². The third kappa shape index (κ3) is 6.15. The zero-order valence-corrected chi connectivity index (χ0v) is 22.5. The molecule has 9 nitrogen and oxygen atoms in total. The molecule has 0 radical (unpaired) electrons. The zero-order chi connectivity index (χ0) is 27.9. The summed E-state index contributed by atoms with van der Waals surface area (Å²) >= 11 is 6.23. The van der Waals surface area contributed by atoms with Gasteiger partial charge in [-0.05, 0) is 79.6 Å². The first-order valence-corrected chi connectivity index (χ1v) is 12.6. The fraction of sp³-hybridized carbons (Fsp3) is 0.207. The second kappa shape index (κ2) is 12.4. The number of rotatable bonds is 11. The molecule has 0 bridgehead atoms. The van der Waals surface area contributed by atoms with E-state index in [-0.39, 0.29) is 16.6 Å². The predicted octanol–water partition coefficient (Wildman–Crippen LogP) is 4.51. The second-order valence-electron chi connectivity index (χ2n) is 8.46. The molecule has 3 aromatic carbocycles. The van der Waals surface area contributed by atoms with Crippen LogP contribution in [-0.4, -0.2) is 45.1 Å². The van der Waals surface area contributed by atoms with Crippen LogP contribution in [0.25, 0.3) is 0 Å². The van der Waals surface area contributed by atoms with Gasteiger partial charge in [0.25, 0.3) is 17.7 Å². The number of carbonyl (C=O) groups excluding carboxylic acids is 3. The van der Waals surface area contributed by atoms with Crippen molar-refractivity contribution in [2.24, 2.45) is 0 Å². The van der Waals surface area contributed by atoms with Gasteiger partial charge in [-0.3, -0.25) is 14.4 Å². The van der Waals surface area contributed by atoms with Gasteiger partial charge in [-0.15, -0.1) is 0 Å². The maximum atomic E-state index is 13.0. The Bertz CT molecular complexity index is 1400. The highest BCUT2D eigenvalue weighted by Gasteiger charge is 2.39. The van der Waals surface area contributed by atoms with Gasteiger partial charge in [0.2, 0.25) is 0 Å². The number of halogens is 1. The van der Waals surface area contributed by atoms with Crippen molar-refractivity contribution in [1.82, 2.24) is 5.32 Å². The van der Waals surface area contributed by atoms with E-state index in [0.717, 1.165) is 10.5 Å². The summed E-state index contributed by atoms with van der Waals surface area (Å²) in [6, 6.07) is 18.7. The summed E-state index contributed by atoms with van der Waals surface area (Å²) in [5.74, 6) is 0.453. The Morgan fingerprint density at radius 1 is 0.897 bits per heavy atom. The predicted molar refractivity (Wildman–Crippen MR) is 149 cm³/mol. The van der Waals surface area contributed by atoms with Crippen molar-refractivity contribution in [2.45, 2.75) is 13.3 Å². The first kappa shape index (κ1) is 27.5. The second-order valence-corrected chi connectivity index (χ2v) is 8.84. The number of hydrogen-bond donors (Lipinski definition) is 2. The van der Waals surface area contributed by atoms with E-state index in [1.54, 1.807) is 62.8 Å². The molecule has 0 aromatic heterocycles. The van der Waals surface area contributed by atoms with Crippen LogP contribution in [0.15, 0.2) is 77.5 Å². The van der Waals surface area contributed by atoms with Gasteiger partial charge in [0.15, 0.2) is 11.5 Å². The molecule has 3 amide bonds. The molecule has 202 valence electrons. The molecule has 0 atom stereocenters. The van der Waals surface area contributed by atoms with Crippen LogP contribution in [-0.2, 0) is 16.0 Å². The molecule has 4 rings (SSSR count). The largest absolute Gasteiger partial charge is 0.494 e. The molecule has 0 saturated carbocycles. The number of nitrogens with zero attached hydrogens (tertiary/aromatic N) is 1. The molecule has 1 heterocycles. The van der Waals surface area contributed by atoms with Crippen LogP contribution in [0.2, 0.25) is 0 Å². The summed E-state index contributed by atoms with van der Waals surface area (Å²) in [7, 11) is 3.15. The Morgan fingerprint density at radius 3 is 2.23 bits per heavy atom. The lowest BCUT2D eigenvalue weighted by Crippen LogP contribution is -2.32. The number of nitrogens with one attached hydrogen (secondary N) is 2. The summed E-state index contributed by atoms with van der Waals surface area (Å²) in [5, 5.41) is 5.58. The van der Waals surface area contributed by atoms with E-state index in [1.165, 1.54) is 0 Å². The van der Waals surface area contributed by atoms with Gasteiger partial charge < -0.3 is 24.8 Å². The highest BCUT2D eigenvalue weighted by atomic mass is 35.5. The molecule has 0 saturated heterocycles. The summed E-state index contributed by atoms with van der Waals surface area (Å²) in [6.07, 6.45) is 0.610. The van der Waals surface area contributed by atoms with Crippen molar-refractivity contribution in [3.63, 3.8) is 0 Å². The molecule has 0 aliphatic carbocycles. The molecular weight excluding hydrogens is 522 g/mol. The summed E-state index contributed by atoms with van der Waals surface area (Å²) < 4.78 is 16.0. The number of carbonyl (C=O) groups is 3. The van der Waals surface area contributed by atoms with Crippen LogP contribution in [0.4, 0.5) is 11.4 Å². The number of imide groups is 1. The van der Waals surface area contributed by atoms with E-state index in [1.807, 2.05) is 25.1 Å². The van der Waals surface area contributed by atoms with Crippen LogP contribution in [0.3, 0.4) is 0 Å². The van der Waals surface area contributed by atoms with Crippen molar-refractivity contribution >= 4 is 40.7 Å². The molecule has 1 aliphatic heterocycles. The van der Waals surface area contributed by atoms with Crippen LogP contribution in [0.5, 0.6) is 17.2 Å². The lowest BCUT2D eigenvalue weighted by molar-refractivity contribution is -0.120. The Balaban J connectivity index is 1.35. The SMILES string of the molecule is CCOc1ccc(N2C(=O)C(Cl)=C(Nc3ccc(C(=O)NCCc4ccc(OC)c(OC)c4)cc3)C2=O)cc1. The molecule has 0 spiro atoms. The maximum Gasteiger partial charge on any atom is 0.283 e. The Hall–Kier alpha value is -4.50. The average Bonchev–Trinajstić information content (AvgIpc) is 3.16. The van der Waals surface area contributed by atoms with E-state index in [9.17, 15) is 14.4 Å². The van der Waals surface area contributed by atoms with Gasteiger partial charge >= 0.3 is 0 Å². The highest BCUT2D eigenvalue weighted by molar-refractivity contribution is 6.53. The van der Waals surface area contributed by atoms with E-state index in [0.29, 0.717) is 53.8 Å². The fourth-order valence-corrected chi connectivity index (χ4v) is 4.22. The number of methoxy groups -OCH3 is 2. The van der Waals surface area contributed by atoms with Gasteiger partial charge in [-0.25, -0.2) is 4.90 Å². The zero-order valence-electron chi connectivity index (χ0n) is 21.7. The molecule has 39 heavy (non-hydrogen) atoms. The first-order chi connectivity index (χ1) is 18.9. The summed E-state index contributed by atoms with van der Waals surface area (Å²) in [6.45, 7) is 2.79. The minimum absolute atomic E-state index is 0.0392. The van der Waals surface area contributed by atoms with E-state index in [2.05, 4.69) is 10.6 Å². The monoisotopic (exact) mass is 549 g/mol. The van der Waals surface area contributed by atoms with Gasteiger partial charge in [-0.1, -0.05) is 17.7 Å². The van der Waals surface area contributed by atoms with Crippen LogP contribution in [0.1, 0.15) is 22.8 Å². The van der Waals surface area contributed by atoms with Crippen molar-refractivity contribution in [1.29, 1.82) is 0 Å². The molecule has 2 N–H and O–H groups in total. The number of hydrogen-bond acceptors (Lipinski definition) is 7. The minimum Gasteiger partial charge on any atom is -0.494 e. The fourth-order valence-electron chi connectivity index (χ4n) is 4.01. The molecule has 0 unspecified atom stereocenters. The van der Waals surface area contributed by atoms with Crippen LogP contribution in [0, 0.1) is 0 Å². The first-order valence-electron chi connectivity index (χ1n) is 12.2. The molecule has 0 fully saturated rings. The lowest BCUT2D eigenvalue weighted by atomic mass is 10.1. The van der Waals surface area contributed by atoms with Gasteiger partial charge in [-0.2, -0.15) is 0 Å². The number of amides is 3. The van der Waals surface area contributed by atoms with Crippen molar-refractivity contribution in [3.8, 4) is 17.2 Å². The summed E-state index contributed by atoms with van der Waals surface area (Å²) in [5.41, 5.74) is 2.27. The lowest BCUT2D eigenvalue weighted by Gasteiger charge is -2.15. The normalized spacial score (nSPS) is 13.0. The van der Waals surface area contributed by atoms with Gasteiger partial charge in [0, 0.05) is 17.8 Å². The third-order valence-electron chi connectivity index (χ3n) is 6.00. The van der Waals surface area contributed by atoms with Crippen molar-refractivity contribution < 1.29 is 28.6 Å². The topological polar surface area (TPSA) is 106 Å². The highest BCUT2D eigenvalue weighted by Crippen LogP contribution is 2.31. The third-order valence-corrected chi connectivity index (χ3v) is 6.35. The number of ether oxygens (including phenoxy) is 3. The Morgan fingerprint density at radius 2 is 1.59 bits per heavy atom. The van der Waals surface area contributed by atoms with Crippen molar-refractivity contribution in [3.05, 3.63) is 88.6 Å². The maximum absolute atomic E-state index is 13.0. The van der Waals surface area contributed by atoms with Gasteiger partial charge in [0.05, 0.1) is 26.5 Å². The molecule has 1 aliphatic rings. The Kier molecular flexibility index (Phi) is 8.73. The molecule has 3 aromatic rings. The van der Waals surface area contributed by atoms with Crippen LogP contribution >= 0.6 is 11.6 Å². The standard InChI is InChI=1S/C29H28ClN3O6/c1-4-39-22-12-10-21(11-13-22)33-28(35)25(30)26(29(33)36)32-20-8-6-19(7-9-20)27(34)31-16-15-18-5-14-23(37-2)24(17-18)38-3/h5-14,17,32H,4,15-16H2,1-3H3,(H,31,34).